The van der Waals surface area contributed by atoms with Gasteiger partial charge in [-0.3, -0.25) is 0 Å². The van der Waals surface area contributed by atoms with Crippen LogP contribution in [0.15, 0.2) is 90.0 Å². The minimum Gasteiger partial charge on any atom is -0.233 e. The summed E-state index contributed by atoms with van der Waals surface area (Å²) >= 11 is 7.90. The fourth-order valence-electron chi connectivity index (χ4n) is 4.10. The lowest BCUT2D eigenvalue weighted by atomic mass is 10.0. The molecule has 3 aromatic carbocycles. The SMILES string of the molecule is Cc1nc2c(-c3ccccc3)c(C)nn2c(SCc2ccc(Cl)cc2)c1Cc1ccccc1. The first-order valence-corrected chi connectivity index (χ1v) is 12.3. The van der Waals surface area contributed by atoms with Gasteiger partial charge in [-0.1, -0.05) is 84.4 Å². The third-order valence-corrected chi connectivity index (χ3v) is 7.19. The molecule has 5 aromatic rings. The number of hydrogen-bond donors (Lipinski definition) is 0. The number of halogens is 1. The van der Waals surface area contributed by atoms with Crippen molar-refractivity contribution >= 4 is 29.0 Å². The van der Waals surface area contributed by atoms with Crippen molar-refractivity contribution in [2.45, 2.75) is 31.0 Å². The molecule has 0 fully saturated rings. The average Bonchev–Trinajstić information content (AvgIpc) is 3.16. The first-order chi connectivity index (χ1) is 16.1. The molecule has 0 aliphatic carbocycles. The Morgan fingerprint density at radius 2 is 1.45 bits per heavy atom. The van der Waals surface area contributed by atoms with Crippen molar-refractivity contribution in [2.24, 2.45) is 0 Å². The van der Waals surface area contributed by atoms with E-state index in [1.54, 1.807) is 11.8 Å². The molecule has 5 rings (SSSR count). The Morgan fingerprint density at radius 3 is 2.15 bits per heavy atom. The van der Waals surface area contributed by atoms with E-state index in [1.165, 1.54) is 16.7 Å². The molecule has 3 nitrogen and oxygen atoms in total. The maximum Gasteiger partial charge on any atom is 0.164 e. The lowest BCUT2D eigenvalue weighted by molar-refractivity contribution is 0.792. The van der Waals surface area contributed by atoms with E-state index in [1.807, 2.05) is 22.7 Å². The van der Waals surface area contributed by atoms with E-state index in [0.717, 1.165) is 50.4 Å². The highest BCUT2D eigenvalue weighted by atomic mass is 35.5. The van der Waals surface area contributed by atoms with Gasteiger partial charge in [0.15, 0.2) is 5.65 Å². The predicted octanol–water partition coefficient (Wildman–Crippen LogP) is 7.55. The smallest absolute Gasteiger partial charge is 0.164 e. The monoisotopic (exact) mass is 469 g/mol. The number of nitrogens with zero attached hydrogens (tertiary/aromatic N) is 3. The second-order valence-electron chi connectivity index (χ2n) is 8.12. The van der Waals surface area contributed by atoms with Gasteiger partial charge in [0.25, 0.3) is 0 Å². The van der Waals surface area contributed by atoms with Crippen molar-refractivity contribution in [1.29, 1.82) is 0 Å². The van der Waals surface area contributed by atoms with Gasteiger partial charge < -0.3 is 0 Å². The Labute approximate surface area is 203 Å². The van der Waals surface area contributed by atoms with Crippen LogP contribution >= 0.6 is 23.4 Å². The van der Waals surface area contributed by atoms with E-state index >= 15 is 0 Å². The van der Waals surface area contributed by atoms with Crippen LogP contribution in [0, 0.1) is 13.8 Å². The van der Waals surface area contributed by atoms with Crippen molar-refractivity contribution in [3.8, 4) is 11.1 Å². The molecule has 2 heterocycles. The molecule has 0 atom stereocenters. The largest absolute Gasteiger partial charge is 0.233 e. The van der Waals surface area contributed by atoms with Crippen LogP contribution in [0.2, 0.25) is 5.02 Å². The van der Waals surface area contributed by atoms with Gasteiger partial charge in [-0.25, -0.2) is 9.50 Å². The van der Waals surface area contributed by atoms with Gasteiger partial charge in [0.05, 0.1) is 5.69 Å². The van der Waals surface area contributed by atoms with E-state index in [9.17, 15) is 0 Å². The molecular weight excluding hydrogens is 446 g/mol. The number of thioether (sulfide) groups is 1. The molecule has 5 heteroatoms. The van der Waals surface area contributed by atoms with Crippen LogP contribution < -0.4 is 0 Å². The van der Waals surface area contributed by atoms with Crippen molar-refractivity contribution in [3.63, 3.8) is 0 Å². The van der Waals surface area contributed by atoms with Crippen molar-refractivity contribution in [3.05, 3.63) is 118 Å². The third kappa shape index (κ3) is 4.54. The summed E-state index contributed by atoms with van der Waals surface area (Å²) in [6.07, 6.45) is 0.818. The van der Waals surface area contributed by atoms with E-state index < -0.39 is 0 Å². The quantitative estimate of drug-likeness (QED) is 0.190. The zero-order valence-corrected chi connectivity index (χ0v) is 20.2. The number of benzene rings is 3. The molecule has 0 N–H and O–H groups in total. The molecule has 0 spiro atoms. The maximum absolute atomic E-state index is 6.09. The topological polar surface area (TPSA) is 30.2 Å². The lowest BCUT2D eigenvalue weighted by Crippen LogP contribution is -2.06. The molecule has 0 aliphatic heterocycles. The Balaban J connectivity index is 1.65. The maximum atomic E-state index is 6.09. The molecule has 0 saturated carbocycles. The molecule has 0 radical (unpaired) electrons. The van der Waals surface area contributed by atoms with Gasteiger partial charge in [0.2, 0.25) is 0 Å². The molecule has 0 unspecified atom stereocenters. The Hall–Kier alpha value is -3.08. The summed E-state index contributed by atoms with van der Waals surface area (Å²) in [4.78, 5) is 5.07. The van der Waals surface area contributed by atoms with Gasteiger partial charge in [0.1, 0.15) is 5.03 Å². The molecule has 164 valence electrons. The van der Waals surface area contributed by atoms with Crippen LogP contribution in [0.3, 0.4) is 0 Å². The summed E-state index contributed by atoms with van der Waals surface area (Å²) in [7, 11) is 0. The standard InChI is InChI=1S/C28H24ClN3S/c1-19-25(17-21-9-5-3-6-10-21)28(33-18-22-13-15-24(29)16-14-22)32-27(30-19)26(20(2)31-32)23-11-7-4-8-12-23/h3-16H,17-18H2,1-2H3. The lowest BCUT2D eigenvalue weighted by Gasteiger charge is -2.15. The molecule has 0 amide bonds. The second-order valence-corrected chi connectivity index (χ2v) is 9.52. The van der Waals surface area contributed by atoms with Gasteiger partial charge in [-0.15, -0.1) is 11.8 Å². The number of hydrogen-bond acceptors (Lipinski definition) is 3. The zero-order chi connectivity index (χ0) is 22.8. The normalized spacial score (nSPS) is 11.2. The molecule has 0 saturated heterocycles. The fourth-order valence-corrected chi connectivity index (χ4v) is 5.36. The van der Waals surface area contributed by atoms with Gasteiger partial charge in [-0.2, -0.15) is 5.10 Å². The van der Waals surface area contributed by atoms with Crippen LogP contribution in [0.4, 0.5) is 0 Å². The summed E-state index contributed by atoms with van der Waals surface area (Å²) in [5.41, 5.74) is 8.88. The Kier molecular flexibility index (Phi) is 6.21. The fraction of sp³-hybridized carbons (Fsp3) is 0.143. The van der Waals surface area contributed by atoms with Crippen LogP contribution in [0.1, 0.15) is 28.1 Å². The highest BCUT2D eigenvalue weighted by Gasteiger charge is 2.20. The van der Waals surface area contributed by atoms with E-state index in [0.29, 0.717) is 0 Å². The van der Waals surface area contributed by atoms with Gasteiger partial charge >= 0.3 is 0 Å². The molecule has 0 bridgehead atoms. The van der Waals surface area contributed by atoms with E-state index in [4.69, 9.17) is 21.7 Å². The molecule has 2 aromatic heterocycles. The predicted molar refractivity (Wildman–Crippen MR) is 138 cm³/mol. The molecular formula is C28H24ClN3S. The summed E-state index contributed by atoms with van der Waals surface area (Å²) in [5, 5.41) is 6.87. The van der Waals surface area contributed by atoms with Gasteiger partial charge in [-0.05, 0) is 42.7 Å². The summed E-state index contributed by atoms with van der Waals surface area (Å²) in [6, 6.07) is 29.0. The minimum atomic E-state index is 0.755. The summed E-state index contributed by atoms with van der Waals surface area (Å²) in [6.45, 7) is 4.18. The molecule has 33 heavy (non-hydrogen) atoms. The van der Waals surface area contributed by atoms with E-state index in [-0.39, 0.29) is 0 Å². The first-order valence-electron chi connectivity index (χ1n) is 11.0. The minimum absolute atomic E-state index is 0.755. The van der Waals surface area contributed by atoms with Crippen LogP contribution in [0.5, 0.6) is 0 Å². The third-order valence-electron chi connectivity index (χ3n) is 5.77. The first kappa shape index (κ1) is 21.7. The van der Waals surface area contributed by atoms with Crippen LogP contribution in [0.25, 0.3) is 16.8 Å². The highest BCUT2D eigenvalue weighted by molar-refractivity contribution is 7.98. The van der Waals surface area contributed by atoms with Gasteiger partial charge in [0, 0.05) is 34.0 Å². The van der Waals surface area contributed by atoms with Crippen molar-refractivity contribution < 1.29 is 0 Å². The highest BCUT2D eigenvalue weighted by Crippen LogP contribution is 2.35. The number of aromatic nitrogens is 3. The van der Waals surface area contributed by atoms with Crippen molar-refractivity contribution in [2.75, 3.05) is 0 Å². The summed E-state index contributed by atoms with van der Waals surface area (Å²) in [5.74, 6) is 0.830. The van der Waals surface area contributed by atoms with Crippen LogP contribution in [-0.4, -0.2) is 14.6 Å². The summed E-state index contributed by atoms with van der Waals surface area (Å²) < 4.78 is 2.05. The van der Waals surface area contributed by atoms with Crippen molar-refractivity contribution in [1.82, 2.24) is 14.6 Å². The molecule has 0 aliphatic rings. The number of aryl methyl sites for hydroxylation is 2. The average molecular weight is 470 g/mol. The Morgan fingerprint density at radius 1 is 0.788 bits per heavy atom. The number of rotatable bonds is 6. The van der Waals surface area contributed by atoms with Crippen LogP contribution in [-0.2, 0) is 12.2 Å². The second kappa shape index (κ2) is 9.42. The Bertz CT molecular complexity index is 1390. The van der Waals surface area contributed by atoms with E-state index in [2.05, 4.69) is 80.6 Å². The zero-order valence-electron chi connectivity index (χ0n) is 18.6. The number of fused-ring (bicyclic) bond motifs is 1.